The molecule has 226 valence electrons. The van der Waals surface area contributed by atoms with Crippen LogP contribution in [0.5, 0.6) is 0 Å². The Kier molecular flexibility index (Phi) is 10.7. The van der Waals surface area contributed by atoms with Gasteiger partial charge in [0, 0.05) is 37.8 Å². The molecular formula is C33H39FN6O3. The largest absolute Gasteiger partial charge is 0.444 e. The summed E-state index contributed by atoms with van der Waals surface area (Å²) in [6.45, 7) is 8.35. The average Bonchev–Trinajstić information content (AvgIpc) is 3.42. The quantitative estimate of drug-likeness (QED) is 0.285. The molecule has 4 rings (SSSR count). The molecule has 9 nitrogen and oxygen atoms in total. The minimum atomic E-state index is -0.552. The Hall–Kier alpha value is -4.49. The second kappa shape index (κ2) is 14.6. The van der Waals surface area contributed by atoms with Crippen molar-refractivity contribution in [3.05, 3.63) is 83.2 Å². The molecule has 1 aliphatic rings. The second-order valence-electron chi connectivity index (χ2n) is 11.5. The highest BCUT2D eigenvalue weighted by molar-refractivity contribution is 5.99. The van der Waals surface area contributed by atoms with Gasteiger partial charge in [-0.1, -0.05) is 30.3 Å². The Labute approximate surface area is 252 Å². The Bertz CT molecular complexity index is 1470. The molecule has 2 heterocycles. The summed E-state index contributed by atoms with van der Waals surface area (Å²) in [5.74, 6) is -0.170. The van der Waals surface area contributed by atoms with Crippen LogP contribution in [0, 0.1) is 17.1 Å². The van der Waals surface area contributed by atoms with E-state index in [2.05, 4.69) is 26.9 Å². The number of nitriles is 1. The highest BCUT2D eigenvalue weighted by atomic mass is 19.1. The first-order valence-corrected chi connectivity index (χ1v) is 14.6. The highest BCUT2D eigenvalue weighted by Crippen LogP contribution is 2.25. The molecule has 10 heteroatoms. The van der Waals surface area contributed by atoms with Crippen LogP contribution in [0.25, 0.3) is 11.3 Å². The first kappa shape index (κ1) is 31.4. The lowest BCUT2D eigenvalue weighted by atomic mass is 10.0. The molecule has 0 radical (unpaired) electrons. The zero-order valence-electron chi connectivity index (χ0n) is 25.0. The van der Waals surface area contributed by atoms with Crippen molar-refractivity contribution in [1.29, 1.82) is 5.26 Å². The van der Waals surface area contributed by atoms with Crippen molar-refractivity contribution in [1.82, 2.24) is 20.5 Å². The zero-order valence-corrected chi connectivity index (χ0v) is 25.0. The van der Waals surface area contributed by atoms with E-state index in [0.29, 0.717) is 60.8 Å². The van der Waals surface area contributed by atoms with Crippen molar-refractivity contribution in [2.75, 3.05) is 38.0 Å². The van der Waals surface area contributed by atoms with Gasteiger partial charge in [0.2, 0.25) is 0 Å². The predicted molar refractivity (Wildman–Crippen MR) is 164 cm³/mol. The number of nitrogens with zero attached hydrogens (tertiary/aromatic N) is 3. The third-order valence-corrected chi connectivity index (χ3v) is 7.12. The first-order valence-electron chi connectivity index (χ1n) is 14.6. The van der Waals surface area contributed by atoms with Crippen LogP contribution in [0.1, 0.15) is 55.1 Å². The number of anilines is 1. The van der Waals surface area contributed by atoms with Crippen LogP contribution in [0.2, 0.25) is 0 Å². The molecule has 43 heavy (non-hydrogen) atoms. The van der Waals surface area contributed by atoms with Gasteiger partial charge in [0.15, 0.2) is 0 Å². The summed E-state index contributed by atoms with van der Waals surface area (Å²) in [7, 11) is 0. The third kappa shape index (κ3) is 9.25. The van der Waals surface area contributed by atoms with Gasteiger partial charge in [0.05, 0.1) is 22.9 Å². The molecule has 0 unspecified atom stereocenters. The molecule has 0 aliphatic carbocycles. The van der Waals surface area contributed by atoms with Crippen LogP contribution in [-0.4, -0.2) is 66.3 Å². The van der Waals surface area contributed by atoms with E-state index < -0.39 is 11.7 Å². The summed E-state index contributed by atoms with van der Waals surface area (Å²) in [6, 6.07) is 19.4. The Morgan fingerprint density at radius 3 is 2.67 bits per heavy atom. The number of pyridine rings is 1. The lowest BCUT2D eigenvalue weighted by molar-refractivity contribution is 0.0521. The predicted octanol–water partition coefficient (Wildman–Crippen LogP) is 5.13. The molecule has 2 amide bonds. The minimum absolute atomic E-state index is 0.142. The summed E-state index contributed by atoms with van der Waals surface area (Å²) < 4.78 is 19.0. The lowest BCUT2D eigenvalue weighted by Crippen LogP contribution is -2.44. The maximum Gasteiger partial charge on any atom is 0.407 e. The Morgan fingerprint density at radius 2 is 1.91 bits per heavy atom. The lowest BCUT2D eigenvalue weighted by Gasteiger charge is -2.25. The van der Waals surface area contributed by atoms with Gasteiger partial charge in [-0.05, 0) is 82.5 Å². The summed E-state index contributed by atoms with van der Waals surface area (Å²) in [4.78, 5) is 32.4. The number of carbonyl (C=O) groups excluding carboxylic acids is 2. The number of aromatic nitrogens is 1. The van der Waals surface area contributed by atoms with E-state index in [0.717, 1.165) is 24.9 Å². The van der Waals surface area contributed by atoms with Gasteiger partial charge < -0.3 is 20.7 Å². The molecule has 2 aromatic carbocycles. The maximum absolute atomic E-state index is 13.7. The van der Waals surface area contributed by atoms with Crippen molar-refractivity contribution in [2.24, 2.45) is 0 Å². The first-order chi connectivity index (χ1) is 20.6. The van der Waals surface area contributed by atoms with Crippen molar-refractivity contribution in [2.45, 2.75) is 51.7 Å². The smallest absolute Gasteiger partial charge is 0.407 e. The standard InChI is InChI=1S/C33H39FN6O3/c1-33(2,3)43-32(42)37-17-19-40-18-7-11-26(40)22-38-31(41)28-13-14-29(27-12-5-4-9-24(27)21-35)39-30(28)36-16-15-23-8-6-10-25(34)20-23/h4-6,8-10,12-14,20,26H,7,11,15-19,22H2,1-3H3,(H,36,39)(H,37,42)(H,38,41)/t26-/m1/s1. The summed E-state index contributed by atoms with van der Waals surface area (Å²) in [5, 5.41) is 18.7. The van der Waals surface area contributed by atoms with Gasteiger partial charge in [0.1, 0.15) is 17.2 Å². The van der Waals surface area contributed by atoms with E-state index >= 15 is 0 Å². The van der Waals surface area contributed by atoms with E-state index in [9.17, 15) is 19.2 Å². The Balaban J connectivity index is 1.42. The number of rotatable bonds is 11. The number of amides is 2. The molecular weight excluding hydrogens is 547 g/mol. The number of nitrogens with one attached hydrogen (secondary N) is 3. The number of carbonyl (C=O) groups is 2. The molecule has 0 bridgehead atoms. The van der Waals surface area contributed by atoms with Gasteiger partial charge in [-0.2, -0.15) is 5.26 Å². The molecule has 1 aliphatic heterocycles. The number of likely N-dealkylation sites (tertiary alicyclic amines) is 1. The van der Waals surface area contributed by atoms with Crippen LogP contribution < -0.4 is 16.0 Å². The number of hydrogen-bond acceptors (Lipinski definition) is 7. The van der Waals surface area contributed by atoms with E-state index in [1.54, 1.807) is 30.3 Å². The van der Waals surface area contributed by atoms with E-state index in [1.807, 2.05) is 39.0 Å². The van der Waals surface area contributed by atoms with Gasteiger partial charge in [-0.25, -0.2) is 14.2 Å². The monoisotopic (exact) mass is 586 g/mol. The molecule has 1 aromatic heterocycles. The third-order valence-electron chi connectivity index (χ3n) is 7.12. The van der Waals surface area contributed by atoms with Crippen LogP contribution in [-0.2, 0) is 11.2 Å². The normalized spacial score (nSPS) is 15.0. The molecule has 0 spiro atoms. The van der Waals surface area contributed by atoms with E-state index in [4.69, 9.17) is 9.72 Å². The van der Waals surface area contributed by atoms with Crippen molar-refractivity contribution in [3.8, 4) is 17.3 Å². The summed E-state index contributed by atoms with van der Waals surface area (Å²) >= 11 is 0. The molecule has 0 saturated carbocycles. The number of hydrogen-bond donors (Lipinski definition) is 3. The van der Waals surface area contributed by atoms with Crippen molar-refractivity contribution in [3.63, 3.8) is 0 Å². The topological polar surface area (TPSA) is 119 Å². The number of ether oxygens (including phenoxy) is 1. The molecule has 1 fully saturated rings. The zero-order chi connectivity index (χ0) is 30.8. The molecule has 3 N–H and O–H groups in total. The van der Waals surface area contributed by atoms with E-state index in [1.165, 1.54) is 12.1 Å². The summed E-state index contributed by atoms with van der Waals surface area (Å²) in [6.07, 6.45) is 2.04. The minimum Gasteiger partial charge on any atom is -0.444 e. The number of alkyl carbamates (subject to hydrolysis) is 1. The van der Waals surface area contributed by atoms with Crippen LogP contribution in [0.4, 0.5) is 15.0 Å². The van der Waals surface area contributed by atoms with Gasteiger partial charge in [-0.3, -0.25) is 9.69 Å². The van der Waals surface area contributed by atoms with Gasteiger partial charge >= 0.3 is 6.09 Å². The van der Waals surface area contributed by atoms with Gasteiger partial charge in [0.25, 0.3) is 5.91 Å². The maximum atomic E-state index is 13.7. The fourth-order valence-corrected chi connectivity index (χ4v) is 5.09. The molecule has 1 atom stereocenters. The van der Waals surface area contributed by atoms with Crippen LogP contribution in [0.3, 0.4) is 0 Å². The summed E-state index contributed by atoms with van der Waals surface area (Å²) in [5.41, 5.74) is 2.39. The van der Waals surface area contributed by atoms with Crippen molar-refractivity contribution < 1.29 is 18.7 Å². The highest BCUT2D eigenvalue weighted by Gasteiger charge is 2.26. The second-order valence-corrected chi connectivity index (χ2v) is 11.5. The number of benzene rings is 2. The SMILES string of the molecule is CC(C)(C)OC(=O)NCCN1CCC[C@@H]1CNC(=O)c1ccc(-c2ccccc2C#N)nc1NCCc1cccc(F)c1. The fourth-order valence-electron chi connectivity index (χ4n) is 5.09. The molecule has 3 aromatic rings. The Morgan fingerprint density at radius 1 is 1.09 bits per heavy atom. The van der Waals surface area contributed by atoms with Crippen LogP contribution >= 0.6 is 0 Å². The van der Waals surface area contributed by atoms with E-state index in [-0.39, 0.29) is 17.8 Å². The fraction of sp³-hybridized carbons (Fsp3) is 0.394. The van der Waals surface area contributed by atoms with Crippen LogP contribution in [0.15, 0.2) is 60.7 Å². The average molecular weight is 587 g/mol. The molecule has 1 saturated heterocycles. The number of halogens is 1. The van der Waals surface area contributed by atoms with Crippen molar-refractivity contribution >= 4 is 17.8 Å². The van der Waals surface area contributed by atoms with Gasteiger partial charge in [-0.15, -0.1) is 0 Å².